The normalized spacial score (nSPS) is 31.9. The summed E-state index contributed by atoms with van der Waals surface area (Å²) in [6, 6.07) is 0. The summed E-state index contributed by atoms with van der Waals surface area (Å²) < 4.78 is 5.56. The number of hydrogen-bond acceptors (Lipinski definition) is 1. The van der Waals surface area contributed by atoms with Gasteiger partial charge >= 0.3 is 0 Å². The van der Waals surface area contributed by atoms with Crippen LogP contribution in [-0.2, 0) is 4.74 Å². The van der Waals surface area contributed by atoms with Crippen molar-refractivity contribution in [2.24, 2.45) is 5.92 Å². The molecular formula is C12H26O. The van der Waals surface area contributed by atoms with Gasteiger partial charge in [0, 0.05) is 0 Å². The van der Waals surface area contributed by atoms with Crippen LogP contribution in [0.25, 0.3) is 0 Å². The van der Waals surface area contributed by atoms with E-state index in [2.05, 4.69) is 33.9 Å². The van der Waals surface area contributed by atoms with Crippen LogP contribution in [0.5, 0.6) is 0 Å². The Morgan fingerprint density at radius 1 is 0.923 bits per heavy atom. The van der Waals surface area contributed by atoms with Crippen LogP contribution in [0.15, 0.2) is 13.2 Å². The molecule has 0 bridgehead atoms. The fourth-order valence-electron chi connectivity index (χ4n) is 1.74. The number of ether oxygens (including phenoxy) is 1. The molecule has 0 aromatic rings. The maximum atomic E-state index is 5.56. The molecule has 1 aliphatic heterocycles. The Balaban J connectivity index is 0. The van der Waals surface area contributed by atoms with Crippen molar-refractivity contribution in [2.45, 2.75) is 59.7 Å². The topological polar surface area (TPSA) is 9.23 Å². The molecule has 1 aliphatic rings. The van der Waals surface area contributed by atoms with Gasteiger partial charge < -0.3 is 4.74 Å². The fraction of sp³-hybridized carbons (Fsp3) is 0.833. The minimum absolute atomic E-state index is 0.490. The van der Waals surface area contributed by atoms with Crippen LogP contribution >= 0.6 is 0 Å². The molecule has 3 atom stereocenters. The Bertz CT molecular complexity index is 76.3. The minimum Gasteiger partial charge on any atom is -0.376 e. The molecule has 1 saturated heterocycles. The number of rotatable bonds is 0. The van der Waals surface area contributed by atoms with Crippen LogP contribution in [-0.4, -0.2) is 12.2 Å². The van der Waals surface area contributed by atoms with Gasteiger partial charge in [-0.15, -0.1) is 13.2 Å². The Morgan fingerprint density at radius 3 is 1.46 bits per heavy atom. The molecule has 0 saturated carbocycles. The van der Waals surface area contributed by atoms with Gasteiger partial charge in [0.1, 0.15) is 0 Å². The third kappa shape index (κ3) is 8.04. The summed E-state index contributed by atoms with van der Waals surface area (Å²) in [6.07, 6.45) is 3.46. The van der Waals surface area contributed by atoms with Crippen molar-refractivity contribution in [3.8, 4) is 0 Å². The van der Waals surface area contributed by atoms with E-state index in [9.17, 15) is 0 Å². The van der Waals surface area contributed by atoms with Crippen LogP contribution < -0.4 is 0 Å². The van der Waals surface area contributed by atoms with Gasteiger partial charge in [-0.2, -0.15) is 0 Å². The van der Waals surface area contributed by atoms with E-state index < -0.39 is 0 Å². The van der Waals surface area contributed by atoms with E-state index in [-0.39, 0.29) is 0 Å². The van der Waals surface area contributed by atoms with Crippen molar-refractivity contribution in [2.75, 3.05) is 0 Å². The van der Waals surface area contributed by atoms with Gasteiger partial charge in [0.2, 0.25) is 0 Å². The average molecular weight is 186 g/mol. The summed E-state index contributed by atoms with van der Waals surface area (Å²) in [5.41, 5.74) is 0. The molecule has 0 amide bonds. The highest BCUT2D eigenvalue weighted by molar-refractivity contribution is 4.69. The van der Waals surface area contributed by atoms with E-state index in [1.165, 1.54) is 12.8 Å². The molecule has 2 unspecified atom stereocenters. The second kappa shape index (κ2) is 9.79. The van der Waals surface area contributed by atoms with Crippen molar-refractivity contribution in [3.63, 3.8) is 0 Å². The van der Waals surface area contributed by atoms with Gasteiger partial charge in [-0.05, 0) is 32.6 Å². The lowest BCUT2D eigenvalue weighted by atomic mass is 9.95. The van der Waals surface area contributed by atoms with Crippen molar-refractivity contribution < 1.29 is 4.74 Å². The second-order valence-corrected chi connectivity index (χ2v) is 3.33. The minimum atomic E-state index is 0.490. The molecule has 80 valence electrons. The molecular weight excluding hydrogens is 160 g/mol. The Hall–Kier alpha value is -0.300. The Kier molecular flexibility index (Phi) is 11.4. The molecule has 0 spiro atoms. The summed E-state index contributed by atoms with van der Waals surface area (Å²) in [4.78, 5) is 0. The first-order chi connectivity index (χ1) is 6.18. The first-order valence-corrected chi connectivity index (χ1v) is 5.34. The highest BCUT2D eigenvalue weighted by atomic mass is 16.5. The average Bonchev–Trinajstić information content (AvgIpc) is 2.09. The summed E-state index contributed by atoms with van der Waals surface area (Å²) in [6.45, 7) is 16.6. The lowest BCUT2D eigenvalue weighted by Gasteiger charge is -2.29. The maximum Gasteiger partial charge on any atom is 0.0553 e. The molecule has 0 aliphatic carbocycles. The smallest absolute Gasteiger partial charge is 0.0553 e. The van der Waals surface area contributed by atoms with Gasteiger partial charge in [-0.3, -0.25) is 0 Å². The predicted molar refractivity (Wildman–Crippen MR) is 61.0 cm³/mol. The maximum absolute atomic E-state index is 5.56. The van der Waals surface area contributed by atoms with Gasteiger partial charge in [0.15, 0.2) is 0 Å². The van der Waals surface area contributed by atoms with Crippen molar-refractivity contribution in [1.29, 1.82) is 0 Å². The van der Waals surface area contributed by atoms with Crippen LogP contribution in [0.3, 0.4) is 0 Å². The quantitative estimate of drug-likeness (QED) is 0.519. The zero-order valence-electron chi connectivity index (χ0n) is 9.97. The summed E-state index contributed by atoms with van der Waals surface area (Å²) in [5, 5.41) is 0. The first-order valence-electron chi connectivity index (χ1n) is 5.34. The van der Waals surface area contributed by atoms with Crippen LogP contribution in [0.1, 0.15) is 47.5 Å². The molecule has 0 N–H and O–H groups in total. The second-order valence-electron chi connectivity index (χ2n) is 3.33. The molecule has 1 fully saturated rings. The van der Waals surface area contributed by atoms with E-state index in [0.717, 1.165) is 5.92 Å². The third-order valence-corrected chi connectivity index (χ3v) is 1.93. The molecule has 13 heavy (non-hydrogen) atoms. The van der Waals surface area contributed by atoms with E-state index in [4.69, 9.17) is 4.74 Å². The Labute approximate surface area is 84.2 Å². The highest BCUT2D eigenvalue weighted by Gasteiger charge is 2.20. The van der Waals surface area contributed by atoms with Gasteiger partial charge in [0.25, 0.3) is 0 Å². The molecule has 1 heteroatoms. The molecule has 0 aromatic carbocycles. The SMILES string of the molecule is C=C.CC.CC1CC(C)O[C@H](C)C1. The summed E-state index contributed by atoms with van der Waals surface area (Å²) >= 11 is 0. The molecule has 1 nitrogen and oxygen atoms in total. The van der Waals surface area contributed by atoms with Crippen molar-refractivity contribution in [1.82, 2.24) is 0 Å². The van der Waals surface area contributed by atoms with Gasteiger partial charge in [-0.1, -0.05) is 20.8 Å². The third-order valence-electron chi connectivity index (χ3n) is 1.93. The fourth-order valence-corrected chi connectivity index (χ4v) is 1.74. The Morgan fingerprint density at radius 2 is 1.23 bits per heavy atom. The zero-order chi connectivity index (χ0) is 10.9. The summed E-state index contributed by atoms with van der Waals surface area (Å²) in [5.74, 6) is 0.865. The van der Waals surface area contributed by atoms with E-state index in [1.807, 2.05) is 13.8 Å². The largest absolute Gasteiger partial charge is 0.376 e. The van der Waals surface area contributed by atoms with Gasteiger partial charge in [0.05, 0.1) is 12.2 Å². The first kappa shape index (κ1) is 15.2. The van der Waals surface area contributed by atoms with E-state index in [0.29, 0.717) is 12.2 Å². The van der Waals surface area contributed by atoms with Gasteiger partial charge in [-0.25, -0.2) is 0 Å². The highest BCUT2D eigenvalue weighted by Crippen LogP contribution is 2.23. The van der Waals surface area contributed by atoms with Crippen LogP contribution in [0.2, 0.25) is 0 Å². The molecule has 0 aromatic heterocycles. The predicted octanol–water partition coefficient (Wildman–Crippen LogP) is 4.04. The van der Waals surface area contributed by atoms with Crippen LogP contribution in [0, 0.1) is 5.92 Å². The van der Waals surface area contributed by atoms with Crippen molar-refractivity contribution in [3.05, 3.63) is 13.2 Å². The molecule has 1 rings (SSSR count). The monoisotopic (exact) mass is 186 g/mol. The summed E-state index contributed by atoms with van der Waals surface area (Å²) in [7, 11) is 0. The van der Waals surface area contributed by atoms with Crippen LogP contribution in [0.4, 0.5) is 0 Å². The van der Waals surface area contributed by atoms with E-state index >= 15 is 0 Å². The lowest BCUT2D eigenvalue weighted by molar-refractivity contribution is -0.0485. The molecule has 0 radical (unpaired) electrons. The number of hydrogen-bond donors (Lipinski definition) is 0. The standard InChI is InChI=1S/C8H16O.C2H6.C2H4/c1-6-4-7(2)9-8(3)5-6;2*1-2/h6-8H,4-5H2,1-3H3;1-2H3;1-2H2/t6?,7-,8?;;/m1../s1. The zero-order valence-corrected chi connectivity index (χ0v) is 9.97. The van der Waals surface area contributed by atoms with E-state index in [1.54, 1.807) is 0 Å². The van der Waals surface area contributed by atoms with Crippen molar-refractivity contribution >= 4 is 0 Å². The molecule has 1 heterocycles. The lowest BCUT2D eigenvalue weighted by Crippen LogP contribution is -2.27.